The highest BCUT2D eigenvalue weighted by molar-refractivity contribution is 9.10. The molecule has 0 fully saturated rings. The van der Waals surface area contributed by atoms with Gasteiger partial charge in [-0.1, -0.05) is 90.5 Å². The minimum Gasteiger partial charge on any atom is -0.344 e. The Bertz CT molecular complexity index is 1050. The summed E-state index contributed by atoms with van der Waals surface area (Å²) in [6, 6.07) is 16.6. The fourth-order valence-corrected chi connectivity index (χ4v) is 4.13. The van der Waals surface area contributed by atoms with E-state index >= 15 is 0 Å². The Balaban J connectivity index is 1.74. The highest BCUT2D eigenvalue weighted by Gasteiger charge is 2.25. The molecule has 6 nitrogen and oxygen atoms in total. The highest BCUT2D eigenvalue weighted by Crippen LogP contribution is 2.28. The summed E-state index contributed by atoms with van der Waals surface area (Å²) in [6.45, 7) is 5.97. The zero-order valence-electron chi connectivity index (χ0n) is 17.7. The Morgan fingerprint density at radius 3 is 2.48 bits per heavy atom. The molecule has 2 amide bonds. The standard InChI is InChI=1S/C23H25BrN4O2S/c1-23(2,3)14-19(29)25-18(12-15-8-5-4-6-9-15)20(30)26-22-28-27-21(31-22)16-10-7-11-17(24)13-16/h4-11,13,18H,12,14H2,1-3H3,(H,25,29)(H,26,28,30). The van der Waals surface area contributed by atoms with E-state index in [0.717, 1.165) is 15.6 Å². The van der Waals surface area contributed by atoms with Gasteiger partial charge in [0.25, 0.3) is 0 Å². The number of aromatic nitrogens is 2. The van der Waals surface area contributed by atoms with Crippen molar-refractivity contribution in [3.05, 3.63) is 64.6 Å². The van der Waals surface area contributed by atoms with Gasteiger partial charge in [-0.25, -0.2) is 0 Å². The third-order valence-electron chi connectivity index (χ3n) is 4.35. The second kappa shape index (κ2) is 10.2. The van der Waals surface area contributed by atoms with Gasteiger partial charge in [-0.2, -0.15) is 0 Å². The highest BCUT2D eigenvalue weighted by atomic mass is 79.9. The van der Waals surface area contributed by atoms with Crippen molar-refractivity contribution in [1.82, 2.24) is 15.5 Å². The molecule has 3 aromatic rings. The van der Waals surface area contributed by atoms with E-state index in [0.29, 0.717) is 23.0 Å². The number of benzene rings is 2. The van der Waals surface area contributed by atoms with Crippen molar-refractivity contribution in [2.45, 2.75) is 39.7 Å². The Morgan fingerprint density at radius 1 is 1.06 bits per heavy atom. The van der Waals surface area contributed by atoms with Gasteiger partial charge in [0.2, 0.25) is 16.9 Å². The number of amides is 2. The lowest BCUT2D eigenvalue weighted by Gasteiger charge is -2.22. The van der Waals surface area contributed by atoms with Gasteiger partial charge in [0.1, 0.15) is 11.0 Å². The maximum absolute atomic E-state index is 13.0. The molecule has 1 atom stereocenters. The topological polar surface area (TPSA) is 84.0 Å². The van der Waals surface area contributed by atoms with Crippen LogP contribution in [0.3, 0.4) is 0 Å². The van der Waals surface area contributed by atoms with Crippen LogP contribution in [-0.4, -0.2) is 28.1 Å². The number of rotatable bonds is 7. The Kier molecular flexibility index (Phi) is 7.56. The largest absolute Gasteiger partial charge is 0.344 e. The Labute approximate surface area is 194 Å². The molecule has 0 bridgehead atoms. The summed E-state index contributed by atoms with van der Waals surface area (Å²) in [5.41, 5.74) is 1.70. The average molecular weight is 501 g/mol. The van der Waals surface area contributed by atoms with Crippen LogP contribution in [0.5, 0.6) is 0 Å². The van der Waals surface area contributed by atoms with E-state index in [2.05, 4.69) is 36.8 Å². The predicted molar refractivity (Wildman–Crippen MR) is 128 cm³/mol. The maximum atomic E-state index is 13.0. The third-order valence-corrected chi connectivity index (χ3v) is 5.73. The van der Waals surface area contributed by atoms with Crippen molar-refractivity contribution in [1.29, 1.82) is 0 Å². The van der Waals surface area contributed by atoms with Gasteiger partial charge in [-0.15, -0.1) is 10.2 Å². The van der Waals surface area contributed by atoms with Crippen LogP contribution in [0.2, 0.25) is 0 Å². The molecule has 31 heavy (non-hydrogen) atoms. The van der Waals surface area contributed by atoms with Crippen LogP contribution in [0.1, 0.15) is 32.8 Å². The first kappa shape index (κ1) is 23.1. The van der Waals surface area contributed by atoms with Crippen molar-refractivity contribution in [3.8, 4) is 10.6 Å². The summed E-state index contributed by atoms with van der Waals surface area (Å²) in [7, 11) is 0. The number of nitrogens with zero attached hydrogens (tertiary/aromatic N) is 2. The lowest BCUT2D eigenvalue weighted by atomic mass is 9.91. The normalized spacial score (nSPS) is 12.3. The van der Waals surface area contributed by atoms with Crippen molar-refractivity contribution in [2.24, 2.45) is 5.41 Å². The summed E-state index contributed by atoms with van der Waals surface area (Å²) in [4.78, 5) is 25.5. The van der Waals surface area contributed by atoms with Crippen LogP contribution in [0.25, 0.3) is 10.6 Å². The number of carbonyl (C=O) groups is 2. The van der Waals surface area contributed by atoms with Gasteiger partial charge >= 0.3 is 0 Å². The zero-order chi connectivity index (χ0) is 22.4. The number of halogens is 1. The SMILES string of the molecule is CC(C)(C)CC(=O)NC(Cc1ccccc1)C(=O)Nc1nnc(-c2cccc(Br)c2)s1. The number of carbonyl (C=O) groups excluding carboxylic acids is 2. The second-order valence-corrected chi connectivity index (χ2v) is 10.4. The number of hydrogen-bond donors (Lipinski definition) is 2. The zero-order valence-corrected chi connectivity index (χ0v) is 20.1. The van der Waals surface area contributed by atoms with Crippen molar-refractivity contribution in [3.63, 3.8) is 0 Å². The van der Waals surface area contributed by atoms with E-state index in [4.69, 9.17) is 0 Å². The van der Waals surface area contributed by atoms with Crippen molar-refractivity contribution in [2.75, 3.05) is 5.32 Å². The molecular weight excluding hydrogens is 476 g/mol. The Hall–Kier alpha value is -2.58. The first-order valence-electron chi connectivity index (χ1n) is 9.93. The molecule has 1 heterocycles. The number of hydrogen-bond acceptors (Lipinski definition) is 5. The van der Waals surface area contributed by atoms with Gasteiger partial charge in [0, 0.05) is 22.9 Å². The van der Waals surface area contributed by atoms with Gasteiger partial charge in [0.15, 0.2) is 0 Å². The summed E-state index contributed by atoms with van der Waals surface area (Å²) in [6.07, 6.45) is 0.720. The molecule has 3 rings (SSSR count). The fourth-order valence-electron chi connectivity index (χ4n) is 2.99. The molecule has 162 valence electrons. The van der Waals surface area contributed by atoms with Gasteiger partial charge in [0.05, 0.1) is 0 Å². The van der Waals surface area contributed by atoms with E-state index in [1.165, 1.54) is 11.3 Å². The van der Waals surface area contributed by atoms with Crippen LogP contribution in [0.15, 0.2) is 59.1 Å². The lowest BCUT2D eigenvalue weighted by Crippen LogP contribution is -2.46. The van der Waals surface area contributed by atoms with Crippen LogP contribution in [0.4, 0.5) is 5.13 Å². The number of nitrogens with one attached hydrogen (secondary N) is 2. The van der Waals surface area contributed by atoms with E-state index in [9.17, 15) is 9.59 Å². The molecule has 0 saturated heterocycles. The van der Waals surface area contributed by atoms with E-state index in [1.54, 1.807) is 0 Å². The molecule has 0 saturated carbocycles. The third kappa shape index (κ3) is 7.25. The van der Waals surface area contributed by atoms with Gasteiger partial charge in [-0.3, -0.25) is 14.9 Å². The van der Waals surface area contributed by atoms with Gasteiger partial charge < -0.3 is 5.32 Å². The van der Waals surface area contributed by atoms with E-state index in [1.807, 2.05) is 75.4 Å². The molecule has 0 radical (unpaired) electrons. The summed E-state index contributed by atoms with van der Waals surface area (Å²) in [5.74, 6) is -0.473. The lowest BCUT2D eigenvalue weighted by molar-refractivity contribution is -0.127. The van der Waals surface area contributed by atoms with Gasteiger partial charge in [-0.05, 0) is 23.1 Å². The molecule has 0 aliphatic carbocycles. The first-order valence-corrected chi connectivity index (χ1v) is 11.5. The molecule has 0 spiro atoms. The molecule has 0 aliphatic rings. The average Bonchev–Trinajstić information content (AvgIpc) is 3.15. The summed E-state index contributed by atoms with van der Waals surface area (Å²) in [5, 5.41) is 15.1. The quantitative estimate of drug-likeness (QED) is 0.474. The van der Waals surface area contributed by atoms with Crippen LogP contribution >= 0.6 is 27.3 Å². The van der Waals surface area contributed by atoms with Crippen molar-refractivity contribution >= 4 is 44.2 Å². The monoisotopic (exact) mass is 500 g/mol. The van der Waals surface area contributed by atoms with E-state index < -0.39 is 6.04 Å². The minimum atomic E-state index is -0.713. The maximum Gasteiger partial charge on any atom is 0.249 e. The van der Waals surface area contributed by atoms with Crippen LogP contribution < -0.4 is 10.6 Å². The Morgan fingerprint density at radius 2 is 1.81 bits per heavy atom. The summed E-state index contributed by atoms with van der Waals surface area (Å²) < 4.78 is 0.940. The fraction of sp³-hybridized carbons (Fsp3) is 0.304. The predicted octanol–water partition coefficient (Wildman–Crippen LogP) is 5.07. The molecule has 2 aromatic carbocycles. The van der Waals surface area contributed by atoms with Crippen LogP contribution in [-0.2, 0) is 16.0 Å². The molecule has 2 N–H and O–H groups in total. The molecule has 8 heteroatoms. The summed E-state index contributed by atoms with van der Waals surface area (Å²) >= 11 is 4.74. The molecule has 1 unspecified atom stereocenters. The van der Waals surface area contributed by atoms with E-state index in [-0.39, 0.29) is 17.2 Å². The second-order valence-electron chi connectivity index (χ2n) is 8.46. The molecular formula is C23H25BrN4O2S. The van der Waals surface area contributed by atoms with Crippen LogP contribution in [0, 0.1) is 5.41 Å². The minimum absolute atomic E-state index is 0.157. The smallest absolute Gasteiger partial charge is 0.249 e. The first-order chi connectivity index (χ1) is 14.7. The molecule has 1 aromatic heterocycles. The number of anilines is 1. The van der Waals surface area contributed by atoms with Crippen molar-refractivity contribution < 1.29 is 9.59 Å². The molecule has 0 aliphatic heterocycles.